The molecular weight excluding hydrogens is 364 g/mol. The summed E-state index contributed by atoms with van der Waals surface area (Å²) in [6.07, 6.45) is 0. The minimum atomic E-state index is -0.539. The summed E-state index contributed by atoms with van der Waals surface area (Å²) in [6.45, 7) is 12.1. The van der Waals surface area contributed by atoms with Crippen LogP contribution in [-0.4, -0.2) is 18.5 Å². The van der Waals surface area contributed by atoms with Gasteiger partial charge in [0.2, 0.25) is 0 Å². The molecule has 0 atom stereocenters. The summed E-state index contributed by atoms with van der Waals surface area (Å²) < 4.78 is 5.24. The quantitative estimate of drug-likeness (QED) is 0.747. The van der Waals surface area contributed by atoms with Gasteiger partial charge in [0, 0.05) is 5.69 Å². The molecule has 0 fully saturated rings. The van der Waals surface area contributed by atoms with Crippen molar-refractivity contribution in [3.8, 4) is 6.07 Å². The molecule has 29 heavy (non-hydrogen) atoms. The number of amides is 1. The second-order valence-corrected chi connectivity index (χ2v) is 9.12. The molecule has 0 spiro atoms. The molecule has 0 saturated heterocycles. The summed E-state index contributed by atoms with van der Waals surface area (Å²) in [6, 6.07) is 14.3. The molecule has 0 saturated carbocycles. The van der Waals surface area contributed by atoms with E-state index in [9.17, 15) is 9.59 Å². The number of carbonyl (C=O) groups is 2. The van der Waals surface area contributed by atoms with E-state index in [1.165, 1.54) is 0 Å². The third kappa shape index (κ3) is 6.18. The molecule has 0 aliphatic heterocycles. The molecule has 5 nitrogen and oxygen atoms in total. The minimum absolute atomic E-state index is 0.126. The number of rotatable bonds is 4. The Bertz CT molecular complexity index is 925. The molecule has 1 N–H and O–H groups in total. The zero-order valence-electron chi connectivity index (χ0n) is 17.9. The van der Waals surface area contributed by atoms with Gasteiger partial charge in [-0.25, -0.2) is 4.79 Å². The highest BCUT2D eigenvalue weighted by Gasteiger charge is 2.23. The Hall–Kier alpha value is -3.13. The fourth-order valence-electron chi connectivity index (χ4n) is 2.69. The van der Waals surface area contributed by atoms with Crippen LogP contribution >= 0.6 is 0 Å². The molecule has 0 bridgehead atoms. The first-order valence-corrected chi connectivity index (χ1v) is 9.53. The van der Waals surface area contributed by atoms with Gasteiger partial charge < -0.3 is 10.1 Å². The Balaban J connectivity index is 2.13. The van der Waals surface area contributed by atoms with Crippen LogP contribution in [0.2, 0.25) is 0 Å². The van der Waals surface area contributed by atoms with Crippen molar-refractivity contribution in [2.75, 3.05) is 11.9 Å². The van der Waals surface area contributed by atoms with Crippen LogP contribution in [0.3, 0.4) is 0 Å². The van der Waals surface area contributed by atoms with Crippen molar-refractivity contribution in [2.24, 2.45) is 0 Å². The van der Waals surface area contributed by atoms with Crippen LogP contribution < -0.4 is 5.32 Å². The number of nitrogens with one attached hydrogen (secondary N) is 1. The van der Waals surface area contributed by atoms with Crippen molar-refractivity contribution in [3.63, 3.8) is 0 Å². The number of hydrogen-bond donors (Lipinski definition) is 1. The average Bonchev–Trinajstić information content (AvgIpc) is 2.64. The number of esters is 1. The molecule has 1 amide bonds. The number of anilines is 1. The molecule has 0 unspecified atom stereocenters. The normalized spacial score (nSPS) is 11.5. The number of carbonyl (C=O) groups excluding carboxylic acids is 2. The van der Waals surface area contributed by atoms with Gasteiger partial charge in [-0.05, 0) is 52.3 Å². The van der Waals surface area contributed by atoms with Gasteiger partial charge in [-0.1, -0.05) is 53.7 Å². The van der Waals surface area contributed by atoms with E-state index in [1.54, 1.807) is 24.3 Å². The van der Waals surface area contributed by atoms with Gasteiger partial charge in [0.05, 0.1) is 17.2 Å². The lowest BCUT2D eigenvalue weighted by Gasteiger charge is -2.25. The maximum Gasteiger partial charge on any atom is 0.338 e. The van der Waals surface area contributed by atoms with Crippen LogP contribution in [0.4, 0.5) is 5.69 Å². The Labute approximate surface area is 172 Å². The molecule has 0 aliphatic carbocycles. The first-order chi connectivity index (χ1) is 13.4. The smallest absolute Gasteiger partial charge is 0.338 e. The second-order valence-electron chi connectivity index (χ2n) is 9.12. The molecule has 0 heterocycles. The highest BCUT2D eigenvalue weighted by Crippen LogP contribution is 2.30. The first kappa shape index (κ1) is 22.2. The van der Waals surface area contributed by atoms with E-state index in [0.717, 1.165) is 11.1 Å². The summed E-state index contributed by atoms with van der Waals surface area (Å²) in [7, 11) is 0. The Morgan fingerprint density at radius 1 is 0.966 bits per heavy atom. The van der Waals surface area contributed by atoms with Crippen LogP contribution in [0.5, 0.6) is 0 Å². The zero-order chi connectivity index (χ0) is 21.8. The Morgan fingerprint density at radius 2 is 1.55 bits per heavy atom. The van der Waals surface area contributed by atoms with E-state index in [-0.39, 0.29) is 10.8 Å². The molecule has 152 valence electrons. The summed E-state index contributed by atoms with van der Waals surface area (Å²) in [4.78, 5) is 24.7. The van der Waals surface area contributed by atoms with Crippen molar-refractivity contribution >= 4 is 17.6 Å². The average molecular weight is 392 g/mol. The van der Waals surface area contributed by atoms with E-state index >= 15 is 0 Å². The number of benzene rings is 2. The molecule has 2 rings (SSSR count). The fourth-order valence-corrected chi connectivity index (χ4v) is 2.69. The molecule has 0 aromatic heterocycles. The lowest BCUT2D eigenvalue weighted by atomic mass is 9.79. The van der Waals surface area contributed by atoms with Gasteiger partial charge in [-0.2, -0.15) is 5.26 Å². The lowest BCUT2D eigenvalue weighted by Crippen LogP contribution is -2.22. The van der Waals surface area contributed by atoms with Crippen LogP contribution in [0.25, 0.3) is 0 Å². The van der Waals surface area contributed by atoms with Gasteiger partial charge >= 0.3 is 5.97 Å². The molecule has 0 aliphatic rings. The van der Waals surface area contributed by atoms with Gasteiger partial charge in [-0.3, -0.25) is 4.79 Å². The highest BCUT2D eigenvalue weighted by molar-refractivity contribution is 5.95. The maximum atomic E-state index is 12.6. The lowest BCUT2D eigenvalue weighted by molar-refractivity contribution is -0.119. The first-order valence-electron chi connectivity index (χ1n) is 9.53. The molecular formula is C24H28N2O3. The monoisotopic (exact) mass is 392 g/mol. The summed E-state index contributed by atoms with van der Waals surface area (Å²) >= 11 is 0. The van der Waals surface area contributed by atoms with Crippen LogP contribution in [0.15, 0.2) is 42.5 Å². The predicted octanol–water partition coefficient (Wildman–Crippen LogP) is 4.95. The third-order valence-corrected chi connectivity index (χ3v) is 4.51. The van der Waals surface area contributed by atoms with Crippen molar-refractivity contribution in [2.45, 2.75) is 52.4 Å². The second kappa shape index (κ2) is 8.48. The molecule has 0 radical (unpaired) electrons. The largest absolute Gasteiger partial charge is 0.452 e. The van der Waals surface area contributed by atoms with E-state index in [0.29, 0.717) is 16.8 Å². The minimum Gasteiger partial charge on any atom is -0.452 e. The Morgan fingerprint density at radius 3 is 2.07 bits per heavy atom. The molecule has 5 heteroatoms. The summed E-state index contributed by atoms with van der Waals surface area (Å²) in [5.74, 6) is -1.00. The van der Waals surface area contributed by atoms with Crippen molar-refractivity contribution in [1.29, 1.82) is 5.26 Å². The number of hydrogen-bond acceptors (Lipinski definition) is 4. The van der Waals surface area contributed by atoms with Crippen molar-refractivity contribution in [1.82, 2.24) is 0 Å². The maximum absolute atomic E-state index is 12.6. The number of nitriles is 1. The van der Waals surface area contributed by atoms with E-state index in [1.807, 2.05) is 18.2 Å². The summed E-state index contributed by atoms with van der Waals surface area (Å²) in [5, 5.41) is 11.6. The fraction of sp³-hybridized carbons (Fsp3) is 0.375. The third-order valence-electron chi connectivity index (χ3n) is 4.51. The number of nitrogens with zero attached hydrogens (tertiary/aromatic N) is 1. The van der Waals surface area contributed by atoms with E-state index in [4.69, 9.17) is 10.00 Å². The van der Waals surface area contributed by atoms with Crippen LogP contribution in [0.1, 0.15) is 68.6 Å². The van der Waals surface area contributed by atoms with Crippen LogP contribution in [-0.2, 0) is 20.4 Å². The van der Waals surface area contributed by atoms with Gasteiger partial charge in [0.1, 0.15) is 0 Å². The van der Waals surface area contributed by atoms with Gasteiger partial charge in [0.15, 0.2) is 6.61 Å². The van der Waals surface area contributed by atoms with E-state index in [2.05, 4.69) is 52.9 Å². The van der Waals surface area contributed by atoms with E-state index < -0.39 is 18.5 Å². The standard InChI is InChI=1S/C24H28N2O3/c1-23(2,3)18-11-17(12-19(13-18)24(4,5)6)22(28)29-15-21(27)26-20-9-7-8-16(10-20)14-25/h7-13H,15H2,1-6H3,(H,26,27). The highest BCUT2D eigenvalue weighted by atomic mass is 16.5. The van der Waals surface area contributed by atoms with Gasteiger partial charge in [-0.15, -0.1) is 0 Å². The molecule has 2 aromatic rings. The van der Waals surface area contributed by atoms with Gasteiger partial charge in [0.25, 0.3) is 5.91 Å². The van der Waals surface area contributed by atoms with Crippen molar-refractivity contribution < 1.29 is 14.3 Å². The van der Waals surface area contributed by atoms with Crippen molar-refractivity contribution in [3.05, 3.63) is 64.7 Å². The topological polar surface area (TPSA) is 79.2 Å². The summed E-state index contributed by atoms with van der Waals surface area (Å²) in [5.41, 5.74) is 3.17. The molecule has 2 aromatic carbocycles. The number of ether oxygens (including phenoxy) is 1. The Kier molecular flexibility index (Phi) is 6.48. The van der Waals surface area contributed by atoms with Crippen LogP contribution in [0, 0.1) is 11.3 Å². The predicted molar refractivity (Wildman–Crippen MR) is 114 cm³/mol. The zero-order valence-corrected chi connectivity index (χ0v) is 17.9. The SMILES string of the molecule is CC(C)(C)c1cc(C(=O)OCC(=O)Nc2cccc(C#N)c2)cc(C(C)(C)C)c1.